The number of ether oxygens (including phenoxy) is 1. The van der Waals surface area contributed by atoms with E-state index in [2.05, 4.69) is 15.6 Å². The summed E-state index contributed by atoms with van der Waals surface area (Å²) in [7, 11) is 1.72. The van der Waals surface area contributed by atoms with Crippen LogP contribution in [0.5, 0.6) is 0 Å². The highest BCUT2D eigenvalue weighted by Gasteiger charge is 2.13. The van der Waals surface area contributed by atoms with Gasteiger partial charge in [0.1, 0.15) is 0 Å². The summed E-state index contributed by atoms with van der Waals surface area (Å²) in [5, 5.41) is 0.984. The Hall–Kier alpha value is -2.44. The van der Waals surface area contributed by atoms with Gasteiger partial charge in [-0.3, -0.25) is 0 Å². The van der Waals surface area contributed by atoms with Crippen LogP contribution in [0, 0.1) is 6.92 Å². The molecule has 2 aromatic carbocycles. The van der Waals surface area contributed by atoms with Crippen molar-refractivity contribution in [3.05, 3.63) is 59.9 Å². The maximum Gasteiger partial charge on any atom is 0.169 e. The molecule has 5 nitrogen and oxygen atoms in total. The summed E-state index contributed by atoms with van der Waals surface area (Å²) < 4.78 is 7.48. The van der Waals surface area contributed by atoms with E-state index in [1.807, 2.05) is 49.4 Å². The van der Waals surface area contributed by atoms with Gasteiger partial charge in [0, 0.05) is 19.4 Å². The molecular formula is C20H20N4OS. The number of aromatic nitrogens is 4. The maximum atomic E-state index is 5.27. The molecule has 0 radical (unpaired) electrons. The number of hydrogen-bond acceptors (Lipinski definition) is 5. The number of rotatable bonds is 6. The Labute approximate surface area is 156 Å². The largest absolute Gasteiger partial charge is 0.383 e. The second-order valence-corrected chi connectivity index (χ2v) is 7.00. The molecule has 4 aromatic rings. The van der Waals surface area contributed by atoms with Gasteiger partial charge in [0.2, 0.25) is 0 Å². The van der Waals surface area contributed by atoms with Gasteiger partial charge in [0.05, 0.1) is 40.1 Å². The molecule has 6 heteroatoms. The third-order valence-electron chi connectivity index (χ3n) is 4.32. The molecule has 0 aliphatic rings. The van der Waals surface area contributed by atoms with E-state index in [0.717, 1.165) is 50.9 Å². The number of benzene rings is 2. The molecule has 0 N–H and O–H groups in total. The monoisotopic (exact) mass is 364 g/mol. The highest BCUT2D eigenvalue weighted by molar-refractivity contribution is 7.98. The summed E-state index contributed by atoms with van der Waals surface area (Å²) in [6.07, 6.45) is 0. The molecular weight excluding hydrogens is 344 g/mol. The molecule has 2 aromatic heterocycles. The summed E-state index contributed by atoms with van der Waals surface area (Å²) >= 11 is 1.69. The molecule has 0 aliphatic heterocycles. The molecule has 0 saturated heterocycles. The minimum atomic E-state index is 0.655. The van der Waals surface area contributed by atoms with Crippen molar-refractivity contribution in [1.29, 1.82) is 0 Å². The molecule has 0 saturated carbocycles. The fourth-order valence-corrected chi connectivity index (χ4v) is 4.00. The van der Waals surface area contributed by atoms with Gasteiger partial charge in [-0.2, -0.15) is 0 Å². The second kappa shape index (κ2) is 7.43. The van der Waals surface area contributed by atoms with Gasteiger partial charge >= 0.3 is 0 Å². The molecule has 26 heavy (non-hydrogen) atoms. The zero-order valence-corrected chi connectivity index (χ0v) is 15.7. The van der Waals surface area contributed by atoms with Crippen LogP contribution in [-0.2, 0) is 17.0 Å². The minimum Gasteiger partial charge on any atom is -0.383 e. The molecule has 0 amide bonds. The summed E-state index contributed by atoms with van der Waals surface area (Å²) in [6.45, 7) is 3.45. The van der Waals surface area contributed by atoms with Crippen molar-refractivity contribution in [3.8, 4) is 0 Å². The number of thioether (sulfide) groups is 1. The molecule has 2 heterocycles. The van der Waals surface area contributed by atoms with Crippen molar-refractivity contribution in [1.82, 2.24) is 19.5 Å². The van der Waals surface area contributed by atoms with Crippen LogP contribution in [0.2, 0.25) is 0 Å². The Bertz CT molecular complexity index is 1060. The van der Waals surface area contributed by atoms with E-state index in [4.69, 9.17) is 14.7 Å². The maximum absolute atomic E-state index is 5.27. The van der Waals surface area contributed by atoms with Gasteiger partial charge in [-0.15, -0.1) is 0 Å². The topological polar surface area (TPSA) is 52.8 Å². The van der Waals surface area contributed by atoms with Crippen molar-refractivity contribution in [3.63, 3.8) is 0 Å². The smallest absolute Gasteiger partial charge is 0.169 e. The van der Waals surface area contributed by atoms with Crippen molar-refractivity contribution in [2.45, 2.75) is 24.4 Å². The van der Waals surface area contributed by atoms with E-state index < -0.39 is 0 Å². The molecule has 132 valence electrons. The lowest BCUT2D eigenvalue weighted by Crippen LogP contribution is -2.06. The lowest BCUT2D eigenvalue weighted by atomic mass is 10.2. The van der Waals surface area contributed by atoms with Crippen LogP contribution in [0.1, 0.15) is 11.4 Å². The van der Waals surface area contributed by atoms with Crippen molar-refractivity contribution >= 4 is 33.8 Å². The summed E-state index contributed by atoms with van der Waals surface area (Å²) in [4.78, 5) is 14.3. The first-order valence-electron chi connectivity index (χ1n) is 8.55. The average molecular weight is 364 g/mol. The molecule has 4 rings (SSSR count). The first-order valence-corrected chi connectivity index (χ1v) is 9.54. The normalized spacial score (nSPS) is 11.5. The van der Waals surface area contributed by atoms with E-state index in [9.17, 15) is 0 Å². The Morgan fingerprint density at radius 1 is 0.923 bits per heavy atom. The molecule has 0 fully saturated rings. The van der Waals surface area contributed by atoms with Crippen LogP contribution in [-0.4, -0.2) is 33.2 Å². The summed E-state index contributed by atoms with van der Waals surface area (Å²) in [6, 6.07) is 16.2. The fourth-order valence-electron chi connectivity index (χ4n) is 2.96. The molecule has 0 spiro atoms. The fraction of sp³-hybridized carbons (Fsp3) is 0.250. The van der Waals surface area contributed by atoms with Gasteiger partial charge in [0.15, 0.2) is 5.16 Å². The molecule has 0 atom stereocenters. The number of para-hydroxylation sites is 4. The van der Waals surface area contributed by atoms with Crippen LogP contribution < -0.4 is 0 Å². The number of hydrogen-bond donors (Lipinski definition) is 0. The van der Waals surface area contributed by atoms with Crippen LogP contribution in [0.15, 0.2) is 53.7 Å². The van der Waals surface area contributed by atoms with Crippen LogP contribution in [0.25, 0.3) is 22.1 Å². The highest BCUT2D eigenvalue weighted by atomic mass is 32.2. The van der Waals surface area contributed by atoms with E-state index in [1.165, 1.54) is 0 Å². The third kappa shape index (κ3) is 3.30. The number of fused-ring (bicyclic) bond motifs is 2. The summed E-state index contributed by atoms with van der Waals surface area (Å²) in [5.41, 5.74) is 5.98. The quantitative estimate of drug-likeness (QED) is 0.479. The van der Waals surface area contributed by atoms with Gasteiger partial charge in [-0.1, -0.05) is 36.0 Å². The Balaban J connectivity index is 1.64. The minimum absolute atomic E-state index is 0.655. The first kappa shape index (κ1) is 17.0. The van der Waals surface area contributed by atoms with E-state index >= 15 is 0 Å². The SMILES string of the molecule is COCCn1c(SCc2nc3ccccc3nc2C)nc2ccccc21. The van der Waals surface area contributed by atoms with Gasteiger partial charge < -0.3 is 9.30 Å². The first-order chi connectivity index (χ1) is 12.8. The number of aryl methyl sites for hydroxylation is 1. The molecule has 0 bridgehead atoms. The van der Waals surface area contributed by atoms with Gasteiger partial charge in [-0.25, -0.2) is 15.0 Å². The zero-order valence-electron chi connectivity index (χ0n) is 14.8. The van der Waals surface area contributed by atoms with Crippen molar-refractivity contribution in [2.24, 2.45) is 0 Å². The Morgan fingerprint density at radius 3 is 2.38 bits per heavy atom. The second-order valence-electron chi connectivity index (χ2n) is 6.06. The van der Waals surface area contributed by atoms with E-state index in [-0.39, 0.29) is 0 Å². The summed E-state index contributed by atoms with van der Waals surface area (Å²) in [5.74, 6) is 0.736. The molecule has 0 unspecified atom stereocenters. The van der Waals surface area contributed by atoms with E-state index in [1.54, 1.807) is 18.9 Å². The van der Waals surface area contributed by atoms with Crippen molar-refractivity contribution < 1.29 is 4.74 Å². The lowest BCUT2D eigenvalue weighted by Gasteiger charge is -2.09. The van der Waals surface area contributed by atoms with Crippen LogP contribution in [0.3, 0.4) is 0 Å². The van der Waals surface area contributed by atoms with Crippen LogP contribution >= 0.6 is 11.8 Å². The molecule has 0 aliphatic carbocycles. The van der Waals surface area contributed by atoms with E-state index in [0.29, 0.717) is 6.61 Å². The highest BCUT2D eigenvalue weighted by Crippen LogP contribution is 2.27. The van der Waals surface area contributed by atoms with Gasteiger partial charge in [-0.05, 0) is 31.2 Å². The lowest BCUT2D eigenvalue weighted by molar-refractivity contribution is 0.186. The predicted molar refractivity (Wildman–Crippen MR) is 105 cm³/mol. The Morgan fingerprint density at radius 2 is 1.62 bits per heavy atom. The van der Waals surface area contributed by atoms with Crippen LogP contribution in [0.4, 0.5) is 0 Å². The van der Waals surface area contributed by atoms with Gasteiger partial charge in [0.25, 0.3) is 0 Å². The number of nitrogens with zero attached hydrogens (tertiary/aromatic N) is 4. The van der Waals surface area contributed by atoms with Crippen molar-refractivity contribution in [2.75, 3.05) is 13.7 Å². The number of imidazole rings is 1. The standard InChI is InChI=1S/C20H20N4OS/c1-14-18(22-16-8-4-3-7-15(16)21-14)13-26-20-23-17-9-5-6-10-19(17)24(20)11-12-25-2/h3-10H,11-13H2,1-2H3. The average Bonchev–Trinajstić information content (AvgIpc) is 3.02. The Kier molecular flexibility index (Phi) is 4.86. The predicted octanol–water partition coefficient (Wildman–Crippen LogP) is 4.23. The third-order valence-corrected chi connectivity index (χ3v) is 5.31. The number of methoxy groups -OCH3 is 1. The zero-order chi connectivity index (χ0) is 17.9.